The third kappa shape index (κ3) is 6.62. The van der Waals surface area contributed by atoms with Crippen molar-refractivity contribution >= 4 is 34.8 Å². The number of carboxylic acids is 2. The number of nitrogens with zero attached hydrogens (tertiary/aromatic N) is 1. The number of rotatable bonds is 9. The summed E-state index contributed by atoms with van der Waals surface area (Å²) in [6.07, 6.45) is 2.27. The molecule has 3 aromatic rings. The number of nitrogen functional groups attached to an aromatic ring is 1. The molecule has 0 fully saturated rings. The van der Waals surface area contributed by atoms with Gasteiger partial charge in [-0.25, -0.2) is 4.79 Å². The Morgan fingerprint density at radius 3 is 2.36 bits per heavy atom. The summed E-state index contributed by atoms with van der Waals surface area (Å²) in [5.74, 6) is -3.00. The van der Waals surface area contributed by atoms with Gasteiger partial charge in [-0.2, -0.15) is 4.98 Å². The Kier molecular flexibility index (Phi) is 9.26. The van der Waals surface area contributed by atoms with Gasteiger partial charge in [0.1, 0.15) is 11.7 Å². The summed E-state index contributed by atoms with van der Waals surface area (Å²) in [5, 5.41) is 20.6. The second-order valence-corrected chi connectivity index (χ2v) is 6.98. The van der Waals surface area contributed by atoms with Gasteiger partial charge >= 0.3 is 11.9 Å². The molecular formula is C20H25N5O8. The minimum absolute atomic E-state index is 0. The average molecular weight is 463 g/mol. The number of carbonyl (C=O) groups excluding carboxylic acids is 1. The molecule has 0 saturated heterocycles. The minimum Gasteiger partial charge on any atom is -0.481 e. The van der Waals surface area contributed by atoms with Crippen LogP contribution in [-0.4, -0.2) is 60.0 Å². The third-order valence-electron chi connectivity index (χ3n) is 4.79. The van der Waals surface area contributed by atoms with Crippen molar-refractivity contribution in [1.82, 2.24) is 20.3 Å². The van der Waals surface area contributed by atoms with Gasteiger partial charge in [0, 0.05) is 18.2 Å². The van der Waals surface area contributed by atoms with Crippen LogP contribution < -0.4 is 16.6 Å². The first-order chi connectivity index (χ1) is 14.7. The van der Waals surface area contributed by atoms with Crippen LogP contribution in [0.2, 0.25) is 0 Å². The molecule has 33 heavy (non-hydrogen) atoms. The SMILES string of the molecule is Nc1nc2[nH]cc(CCc3ccc(C(=O)NC(CCC(=O)O)C(=O)O)cc3)c2c(=O)[nH]1.O.O. The van der Waals surface area contributed by atoms with E-state index in [1.165, 1.54) is 0 Å². The van der Waals surface area contributed by atoms with Gasteiger partial charge in [0.15, 0.2) is 0 Å². The second kappa shape index (κ2) is 11.4. The van der Waals surface area contributed by atoms with Crippen LogP contribution in [-0.2, 0) is 22.4 Å². The molecule has 2 aromatic heterocycles. The summed E-state index contributed by atoms with van der Waals surface area (Å²) >= 11 is 0. The number of fused-ring (bicyclic) bond motifs is 1. The molecule has 0 aliphatic carbocycles. The largest absolute Gasteiger partial charge is 0.481 e. The standard InChI is InChI=1S/C20H21N5O6.2H2O/c21-20-24-16-15(18(29)25-20)12(9-22-16)6-3-10-1-4-11(5-2-10)17(28)23-13(19(30)31)7-8-14(26)27;;/h1-2,4-5,9,13H,3,6-8H2,(H,23,28)(H,26,27)(H,30,31)(H4,21,22,24,25,29);2*1H2. The van der Waals surface area contributed by atoms with Crippen LogP contribution in [0.3, 0.4) is 0 Å². The minimum atomic E-state index is -1.30. The normalized spacial score (nSPS) is 11.2. The molecular weight excluding hydrogens is 438 g/mol. The monoisotopic (exact) mass is 463 g/mol. The number of hydrogen-bond acceptors (Lipinski definition) is 6. The molecule has 0 spiro atoms. The predicted octanol–water partition coefficient (Wildman–Crippen LogP) is -0.983. The van der Waals surface area contributed by atoms with Crippen molar-refractivity contribution in [3.8, 4) is 0 Å². The maximum Gasteiger partial charge on any atom is 0.326 e. The molecule has 13 nitrogen and oxygen atoms in total. The van der Waals surface area contributed by atoms with Gasteiger partial charge in [0.05, 0.1) is 5.39 Å². The van der Waals surface area contributed by atoms with E-state index in [-0.39, 0.29) is 40.9 Å². The van der Waals surface area contributed by atoms with Gasteiger partial charge in [-0.3, -0.25) is 19.4 Å². The smallest absolute Gasteiger partial charge is 0.326 e. The summed E-state index contributed by atoms with van der Waals surface area (Å²) in [6, 6.07) is 5.30. The van der Waals surface area contributed by atoms with Gasteiger partial charge in [0.25, 0.3) is 11.5 Å². The van der Waals surface area contributed by atoms with E-state index >= 15 is 0 Å². The number of anilines is 1. The zero-order valence-electron chi connectivity index (χ0n) is 17.3. The Morgan fingerprint density at radius 2 is 1.76 bits per heavy atom. The molecule has 1 amide bonds. The highest BCUT2D eigenvalue weighted by atomic mass is 16.4. The number of hydrogen-bond donors (Lipinski definition) is 6. The highest BCUT2D eigenvalue weighted by molar-refractivity contribution is 5.96. The summed E-state index contributed by atoms with van der Waals surface area (Å²) in [4.78, 5) is 55.7. The van der Waals surface area contributed by atoms with E-state index in [0.717, 1.165) is 11.1 Å². The molecule has 0 aliphatic rings. The van der Waals surface area contributed by atoms with E-state index in [1.807, 2.05) is 0 Å². The molecule has 0 radical (unpaired) electrons. The molecule has 178 valence electrons. The number of nitrogens with two attached hydrogens (primary N) is 1. The van der Waals surface area contributed by atoms with Gasteiger partial charge in [0.2, 0.25) is 5.95 Å². The summed E-state index contributed by atoms with van der Waals surface area (Å²) in [5.41, 5.74) is 7.59. The molecule has 2 heterocycles. The molecule has 3 rings (SSSR count). The maximum atomic E-state index is 12.3. The Hall–Kier alpha value is -4.23. The lowest BCUT2D eigenvalue weighted by Gasteiger charge is -2.13. The number of benzene rings is 1. The number of aromatic amines is 2. The van der Waals surface area contributed by atoms with Crippen LogP contribution in [0.5, 0.6) is 0 Å². The number of amides is 1. The number of nitrogens with one attached hydrogen (secondary N) is 3. The Labute approximate surface area is 186 Å². The van der Waals surface area contributed by atoms with Crippen LogP contribution in [0.4, 0.5) is 5.95 Å². The van der Waals surface area contributed by atoms with Crippen molar-refractivity contribution in [2.75, 3.05) is 5.73 Å². The summed E-state index contributed by atoms with van der Waals surface area (Å²) in [6.45, 7) is 0. The number of carbonyl (C=O) groups is 3. The Bertz CT molecular complexity index is 1190. The first kappa shape index (κ1) is 26.8. The fraction of sp³-hybridized carbons (Fsp3) is 0.250. The molecule has 0 saturated carbocycles. The van der Waals surface area contributed by atoms with Gasteiger partial charge < -0.3 is 37.2 Å². The van der Waals surface area contributed by atoms with E-state index in [4.69, 9.17) is 15.9 Å². The fourth-order valence-electron chi connectivity index (χ4n) is 3.19. The third-order valence-corrected chi connectivity index (χ3v) is 4.79. The molecule has 1 aromatic carbocycles. The molecule has 13 heteroatoms. The number of aromatic nitrogens is 3. The van der Waals surface area contributed by atoms with Crippen LogP contribution in [0.25, 0.3) is 11.0 Å². The van der Waals surface area contributed by atoms with Gasteiger partial charge in [-0.05, 0) is 42.5 Å². The van der Waals surface area contributed by atoms with Crippen molar-refractivity contribution in [2.45, 2.75) is 31.7 Å². The lowest BCUT2D eigenvalue weighted by Crippen LogP contribution is -2.41. The number of aryl methyl sites for hydroxylation is 2. The zero-order chi connectivity index (χ0) is 22.5. The molecule has 1 atom stereocenters. The van der Waals surface area contributed by atoms with E-state index in [2.05, 4.69) is 20.3 Å². The van der Waals surface area contributed by atoms with Crippen LogP contribution in [0, 0.1) is 0 Å². The van der Waals surface area contributed by atoms with Crippen molar-refractivity contribution in [1.29, 1.82) is 0 Å². The first-order valence-corrected chi connectivity index (χ1v) is 9.44. The Balaban J connectivity index is 0.00000272. The second-order valence-electron chi connectivity index (χ2n) is 6.98. The van der Waals surface area contributed by atoms with E-state index in [0.29, 0.717) is 23.9 Å². The van der Waals surface area contributed by atoms with Crippen LogP contribution in [0.15, 0.2) is 35.3 Å². The zero-order valence-corrected chi connectivity index (χ0v) is 17.3. The number of aliphatic carboxylic acids is 2. The number of carboxylic acid groups (broad SMARTS) is 2. The van der Waals surface area contributed by atoms with Crippen LogP contribution >= 0.6 is 0 Å². The van der Waals surface area contributed by atoms with E-state index in [1.54, 1.807) is 30.5 Å². The van der Waals surface area contributed by atoms with Gasteiger partial charge in [-0.15, -0.1) is 0 Å². The van der Waals surface area contributed by atoms with Crippen molar-refractivity contribution in [3.05, 3.63) is 57.5 Å². The lowest BCUT2D eigenvalue weighted by atomic mass is 10.0. The summed E-state index contributed by atoms with van der Waals surface area (Å²) < 4.78 is 0. The Morgan fingerprint density at radius 1 is 1.09 bits per heavy atom. The molecule has 0 aliphatic heterocycles. The predicted molar refractivity (Wildman–Crippen MR) is 118 cm³/mol. The molecule has 11 N–H and O–H groups in total. The number of H-pyrrole nitrogens is 2. The fourth-order valence-corrected chi connectivity index (χ4v) is 3.19. The highest BCUT2D eigenvalue weighted by Crippen LogP contribution is 2.16. The maximum absolute atomic E-state index is 12.3. The van der Waals surface area contributed by atoms with Crippen molar-refractivity contribution in [2.24, 2.45) is 0 Å². The highest BCUT2D eigenvalue weighted by Gasteiger charge is 2.21. The average Bonchev–Trinajstić information content (AvgIpc) is 3.12. The summed E-state index contributed by atoms with van der Waals surface area (Å²) in [7, 11) is 0. The van der Waals surface area contributed by atoms with Crippen molar-refractivity contribution < 1.29 is 35.5 Å². The molecule has 1 unspecified atom stereocenters. The molecule has 0 bridgehead atoms. The van der Waals surface area contributed by atoms with E-state index in [9.17, 15) is 19.2 Å². The first-order valence-electron chi connectivity index (χ1n) is 9.44. The topological polar surface area (TPSA) is 254 Å². The quantitative estimate of drug-likeness (QED) is 0.229. The van der Waals surface area contributed by atoms with Gasteiger partial charge in [-0.1, -0.05) is 12.1 Å². The van der Waals surface area contributed by atoms with E-state index < -0.39 is 23.9 Å². The van der Waals surface area contributed by atoms with Crippen LogP contribution in [0.1, 0.15) is 34.3 Å². The van der Waals surface area contributed by atoms with Crippen molar-refractivity contribution in [3.63, 3.8) is 0 Å². The lowest BCUT2D eigenvalue weighted by molar-refractivity contribution is -0.140.